The highest BCUT2D eigenvalue weighted by molar-refractivity contribution is 5.95. The predicted octanol–water partition coefficient (Wildman–Crippen LogP) is 4.31. The van der Waals surface area contributed by atoms with Gasteiger partial charge in [-0.05, 0) is 30.7 Å². The van der Waals surface area contributed by atoms with Crippen LogP contribution in [0, 0.1) is 0 Å². The Kier molecular flexibility index (Phi) is 5.17. The van der Waals surface area contributed by atoms with E-state index in [1.54, 1.807) is 0 Å². The van der Waals surface area contributed by atoms with Gasteiger partial charge in [0.15, 0.2) is 0 Å². The number of hydrogen-bond acceptors (Lipinski definition) is 2. The maximum Gasteiger partial charge on any atom is 0.221 e. The summed E-state index contributed by atoms with van der Waals surface area (Å²) in [5.41, 5.74) is 1.02. The second kappa shape index (κ2) is 7.37. The van der Waals surface area contributed by atoms with Gasteiger partial charge in [0.2, 0.25) is 5.90 Å². The minimum atomic E-state index is 0.695. The minimum Gasteiger partial charge on any atom is -0.439 e. The van der Waals surface area contributed by atoms with Gasteiger partial charge >= 0.3 is 0 Å². The van der Waals surface area contributed by atoms with Crippen molar-refractivity contribution in [1.29, 1.82) is 0 Å². The molecule has 0 aromatic heterocycles. The number of hydrogen-bond donors (Lipinski definition) is 0. The average molecular weight is 253 g/mol. The molecule has 0 fully saturated rings. The molecular weight excluding hydrogens is 234 g/mol. The van der Waals surface area contributed by atoms with Crippen LogP contribution in [-0.4, -0.2) is 12.4 Å². The fourth-order valence-corrected chi connectivity index (χ4v) is 1.70. The fourth-order valence-electron chi connectivity index (χ4n) is 1.70. The van der Waals surface area contributed by atoms with Gasteiger partial charge in [-0.1, -0.05) is 49.7 Å². The average Bonchev–Trinajstić information content (AvgIpc) is 2.48. The van der Waals surface area contributed by atoms with Crippen molar-refractivity contribution in [2.45, 2.75) is 19.8 Å². The fraction of sp³-hybridized carbons (Fsp3) is 0.235. The van der Waals surface area contributed by atoms with Gasteiger partial charge in [-0.15, -0.1) is 0 Å². The Labute approximate surface area is 114 Å². The molecule has 19 heavy (non-hydrogen) atoms. The number of para-hydroxylation sites is 1. The standard InChI is InChI=1S/C17H19NO/c1-2-3-14-18-17(15-10-6-4-7-11-15)19-16-12-8-5-9-13-16/h4-13H,2-3,14H2,1H3. The number of nitrogens with zero attached hydrogens (tertiary/aromatic N) is 1. The van der Waals surface area contributed by atoms with E-state index in [0.717, 1.165) is 30.7 Å². The third kappa shape index (κ3) is 4.25. The number of ether oxygens (including phenoxy) is 1. The molecule has 0 saturated heterocycles. The molecule has 0 aliphatic rings. The Morgan fingerprint density at radius 2 is 1.58 bits per heavy atom. The smallest absolute Gasteiger partial charge is 0.221 e. The van der Waals surface area contributed by atoms with Crippen LogP contribution in [0.25, 0.3) is 0 Å². The van der Waals surface area contributed by atoms with Crippen molar-refractivity contribution < 1.29 is 4.74 Å². The Morgan fingerprint density at radius 3 is 2.21 bits per heavy atom. The Bertz CT molecular complexity index is 505. The summed E-state index contributed by atoms with van der Waals surface area (Å²) in [4.78, 5) is 4.57. The summed E-state index contributed by atoms with van der Waals surface area (Å²) in [5.74, 6) is 1.52. The second-order valence-electron chi connectivity index (χ2n) is 4.32. The van der Waals surface area contributed by atoms with Gasteiger partial charge in [0.1, 0.15) is 5.75 Å². The van der Waals surface area contributed by atoms with E-state index in [1.807, 2.05) is 60.7 Å². The van der Waals surface area contributed by atoms with E-state index in [9.17, 15) is 0 Å². The van der Waals surface area contributed by atoms with E-state index in [4.69, 9.17) is 4.74 Å². The summed E-state index contributed by atoms with van der Waals surface area (Å²) in [5, 5.41) is 0. The summed E-state index contributed by atoms with van der Waals surface area (Å²) >= 11 is 0. The van der Waals surface area contributed by atoms with Crippen LogP contribution in [0.5, 0.6) is 5.75 Å². The van der Waals surface area contributed by atoms with E-state index in [1.165, 1.54) is 0 Å². The predicted molar refractivity (Wildman–Crippen MR) is 79.8 cm³/mol. The van der Waals surface area contributed by atoms with Gasteiger partial charge in [-0.25, -0.2) is 0 Å². The molecule has 0 atom stereocenters. The molecule has 0 unspecified atom stereocenters. The monoisotopic (exact) mass is 253 g/mol. The number of rotatable bonds is 5. The first-order chi connectivity index (χ1) is 9.40. The van der Waals surface area contributed by atoms with Crippen molar-refractivity contribution in [3.05, 3.63) is 66.2 Å². The zero-order valence-electron chi connectivity index (χ0n) is 11.3. The van der Waals surface area contributed by atoms with Gasteiger partial charge in [0.25, 0.3) is 0 Å². The molecule has 2 rings (SSSR count). The van der Waals surface area contributed by atoms with Crippen molar-refractivity contribution in [2.24, 2.45) is 4.99 Å². The highest BCUT2D eigenvalue weighted by Gasteiger charge is 2.05. The van der Waals surface area contributed by atoms with Crippen LogP contribution in [0.4, 0.5) is 0 Å². The lowest BCUT2D eigenvalue weighted by Crippen LogP contribution is -2.11. The molecule has 2 aromatic carbocycles. The van der Waals surface area contributed by atoms with Crippen LogP contribution in [0.2, 0.25) is 0 Å². The molecule has 0 N–H and O–H groups in total. The van der Waals surface area contributed by atoms with E-state index >= 15 is 0 Å². The largest absolute Gasteiger partial charge is 0.439 e. The molecule has 0 amide bonds. The normalized spacial score (nSPS) is 11.3. The third-order valence-electron chi connectivity index (χ3n) is 2.75. The van der Waals surface area contributed by atoms with Crippen molar-refractivity contribution >= 4 is 5.90 Å². The Hall–Kier alpha value is -2.09. The highest BCUT2D eigenvalue weighted by Crippen LogP contribution is 2.12. The van der Waals surface area contributed by atoms with E-state index in [2.05, 4.69) is 11.9 Å². The molecular formula is C17H19NO. The van der Waals surface area contributed by atoms with Gasteiger partial charge in [0.05, 0.1) is 0 Å². The minimum absolute atomic E-state index is 0.695. The number of aliphatic imine (C=N–C) groups is 1. The van der Waals surface area contributed by atoms with Crippen LogP contribution in [0.1, 0.15) is 25.3 Å². The second-order valence-corrected chi connectivity index (χ2v) is 4.32. The molecule has 2 nitrogen and oxygen atoms in total. The van der Waals surface area contributed by atoms with Gasteiger partial charge in [-0.2, -0.15) is 0 Å². The van der Waals surface area contributed by atoms with Crippen molar-refractivity contribution in [3.63, 3.8) is 0 Å². The van der Waals surface area contributed by atoms with E-state index in [-0.39, 0.29) is 0 Å². The maximum atomic E-state index is 5.90. The first-order valence-electron chi connectivity index (χ1n) is 6.73. The third-order valence-corrected chi connectivity index (χ3v) is 2.75. The Balaban J connectivity index is 2.17. The molecule has 0 spiro atoms. The van der Waals surface area contributed by atoms with Crippen LogP contribution in [-0.2, 0) is 0 Å². The van der Waals surface area contributed by atoms with Crippen LogP contribution >= 0.6 is 0 Å². The lowest BCUT2D eigenvalue weighted by molar-refractivity contribution is 0.547. The summed E-state index contributed by atoms with van der Waals surface area (Å²) in [7, 11) is 0. The van der Waals surface area contributed by atoms with Crippen LogP contribution < -0.4 is 4.74 Å². The zero-order chi connectivity index (χ0) is 13.3. The van der Waals surface area contributed by atoms with Crippen molar-refractivity contribution in [2.75, 3.05) is 6.54 Å². The lowest BCUT2D eigenvalue weighted by Gasteiger charge is -2.09. The summed E-state index contributed by atoms with van der Waals surface area (Å²) in [6.07, 6.45) is 2.21. The topological polar surface area (TPSA) is 21.6 Å². The quantitative estimate of drug-likeness (QED) is 0.442. The molecule has 98 valence electrons. The molecule has 2 aromatic rings. The van der Waals surface area contributed by atoms with E-state index < -0.39 is 0 Å². The lowest BCUT2D eigenvalue weighted by atomic mass is 10.2. The highest BCUT2D eigenvalue weighted by atomic mass is 16.5. The zero-order valence-corrected chi connectivity index (χ0v) is 11.3. The SMILES string of the molecule is CCCCN=C(Oc1ccccc1)c1ccccc1. The maximum absolute atomic E-state index is 5.90. The number of unbranched alkanes of at least 4 members (excludes halogenated alkanes) is 1. The molecule has 0 heterocycles. The van der Waals surface area contributed by atoms with Crippen molar-refractivity contribution in [3.8, 4) is 5.75 Å². The molecule has 0 saturated carbocycles. The Morgan fingerprint density at radius 1 is 0.947 bits per heavy atom. The van der Waals surface area contributed by atoms with E-state index in [0.29, 0.717) is 5.90 Å². The van der Waals surface area contributed by atoms with Gasteiger partial charge in [-0.3, -0.25) is 4.99 Å². The molecule has 0 aliphatic heterocycles. The summed E-state index contributed by atoms with van der Waals surface area (Å²) in [6.45, 7) is 2.96. The van der Waals surface area contributed by atoms with Gasteiger partial charge < -0.3 is 4.74 Å². The first-order valence-corrected chi connectivity index (χ1v) is 6.73. The van der Waals surface area contributed by atoms with Gasteiger partial charge in [0, 0.05) is 12.1 Å². The first kappa shape index (κ1) is 13.3. The van der Waals surface area contributed by atoms with Crippen LogP contribution in [0.15, 0.2) is 65.7 Å². The molecule has 0 radical (unpaired) electrons. The van der Waals surface area contributed by atoms with Crippen molar-refractivity contribution in [1.82, 2.24) is 0 Å². The molecule has 2 heteroatoms. The molecule has 0 bridgehead atoms. The molecule has 0 aliphatic carbocycles. The summed E-state index contributed by atoms with van der Waals surface area (Å²) < 4.78 is 5.90. The summed E-state index contributed by atoms with van der Waals surface area (Å²) in [6, 6.07) is 19.8. The van der Waals surface area contributed by atoms with Crippen LogP contribution in [0.3, 0.4) is 0 Å². The number of benzene rings is 2.